The molecule has 3 rings (SSSR count). The van der Waals surface area contributed by atoms with Gasteiger partial charge in [0.05, 0.1) is 13.1 Å². The second-order valence-corrected chi connectivity index (χ2v) is 6.79. The lowest BCUT2D eigenvalue weighted by molar-refractivity contribution is -0.123. The lowest BCUT2D eigenvalue weighted by Crippen LogP contribution is -2.49. The number of benzene rings is 2. The molecule has 1 aliphatic rings. The molecule has 8 nitrogen and oxygen atoms in total. The van der Waals surface area contributed by atoms with Crippen LogP contribution in [0.15, 0.2) is 59.6 Å². The number of carbonyl (C=O) groups excluding carboxylic acids is 2. The fourth-order valence-electron chi connectivity index (χ4n) is 3.02. The molecule has 0 atom stereocenters. The van der Waals surface area contributed by atoms with E-state index in [1.165, 1.54) is 0 Å². The molecule has 1 heterocycles. The SMILES string of the molecule is CN=C(NCCOc1ccccc1)NCc1ccc(C(=O)N2CCNC(=O)C2)cc1. The number of rotatable bonds is 7. The number of piperazine rings is 1. The van der Waals surface area contributed by atoms with E-state index in [1.807, 2.05) is 42.5 Å². The van der Waals surface area contributed by atoms with Gasteiger partial charge in [-0.1, -0.05) is 30.3 Å². The molecule has 0 radical (unpaired) electrons. The summed E-state index contributed by atoms with van der Waals surface area (Å²) in [5.41, 5.74) is 1.60. The van der Waals surface area contributed by atoms with Crippen LogP contribution in [-0.2, 0) is 11.3 Å². The molecule has 2 aromatic carbocycles. The number of nitrogens with zero attached hydrogens (tertiary/aromatic N) is 2. The average Bonchev–Trinajstić information content (AvgIpc) is 2.79. The van der Waals surface area contributed by atoms with Crippen molar-refractivity contribution in [2.75, 3.05) is 39.8 Å². The van der Waals surface area contributed by atoms with E-state index in [1.54, 1.807) is 24.1 Å². The Labute approximate surface area is 176 Å². The van der Waals surface area contributed by atoms with E-state index in [9.17, 15) is 9.59 Å². The minimum absolute atomic E-state index is 0.109. The molecule has 0 aliphatic carbocycles. The van der Waals surface area contributed by atoms with Crippen LogP contribution in [0, 0.1) is 0 Å². The lowest BCUT2D eigenvalue weighted by atomic mass is 10.1. The first-order chi connectivity index (χ1) is 14.7. The normalized spacial score (nSPS) is 14.1. The fourth-order valence-corrected chi connectivity index (χ4v) is 3.02. The van der Waals surface area contributed by atoms with Crippen LogP contribution in [-0.4, -0.2) is 62.5 Å². The Bertz CT molecular complexity index is 868. The molecular weight excluding hydrogens is 382 g/mol. The molecule has 1 fully saturated rings. The molecule has 2 aromatic rings. The van der Waals surface area contributed by atoms with Crippen LogP contribution in [0.2, 0.25) is 0 Å². The van der Waals surface area contributed by atoms with Gasteiger partial charge >= 0.3 is 0 Å². The highest BCUT2D eigenvalue weighted by molar-refractivity contribution is 5.97. The molecule has 158 valence electrons. The molecule has 0 aromatic heterocycles. The van der Waals surface area contributed by atoms with Gasteiger partial charge in [0.2, 0.25) is 5.91 Å². The van der Waals surface area contributed by atoms with Gasteiger partial charge in [-0.15, -0.1) is 0 Å². The summed E-state index contributed by atoms with van der Waals surface area (Å²) in [4.78, 5) is 29.7. The molecule has 3 N–H and O–H groups in total. The topological polar surface area (TPSA) is 95.1 Å². The maximum Gasteiger partial charge on any atom is 0.254 e. The molecule has 1 aliphatic heterocycles. The summed E-state index contributed by atoms with van der Waals surface area (Å²) in [6.07, 6.45) is 0. The molecule has 30 heavy (non-hydrogen) atoms. The highest BCUT2D eigenvalue weighted by Gasteiger charge is 2.22. The van der Waals surface area contributed by atoms with Gasteiger partial charge in [-0.25, -0.2) is 0 Å². The van der Waals surface area contributed by atoms with E-state index in [2.05, 4.69) is 20.9 Å². The van der Waals surface area contributed by atoms with Crippen molar-refractivity contribution < 1.29 is 14.3 Å². The Hall–Kier alpha value is -3.55. The Kier molecular flexibility index (Phi) is 7.65. The third-order valence-corrected chi connectivity index (χ3v) is 4.62. The first-order valence-corrected chi connectivity index (χ1v) is 9.93. The van der Waals surface area contributed by atoms with Gasteiger partial charge in [0, 0.05) is 32.2 Å². The van der Waals surface area contributed by atoms with Crippen LogP contribution in [0.1, 0.15) is 15.9 Å². The Morgan fingerprint density at radius 1 is 1.13 bits per heavy atom. The van der Waals surface area contributed by atoms with Gasteiger partial charge in [0.25, 0.3) is 5.91 Å². The maximum atomic E-state index is 12.5. The van der Waals surface area contributed by atoms with E-state index in [0.717, 1.165) is 11.3 Å². The number of carbonyl (C=O) groups is 2. The predicted octanol–water partition coefficient (Wildman–Crippen LogP) is 1.00. The van der Waals surface area contributed by atoms with Crippen molar-refractivity contribution in [2.45, 2.75) is 6.54 Å². The first kappa shape index (κ1) is 21.2. The summed E-state index contributed by atoms with van der Waals surface area (Å²) in [5.74, 6) is 1.26. The number of amides is 2. The second-order valence-electron chi connectivity index (χ2n) is 6.79. The van der Waals surface area contributed by atoms with Gasteiger partial charge in [0.15, 0.2) is 5.96 Å². The summed E-state index contributed by atoms with van der Waals surface area (Å²) in [6.45, 7) is 2.85. The first-order valence-electron chi connectivity index (χ1n) is 9.93. The zero-order valence-corrected chi connectivity index (χ0v) is 17.1. The van der Waals surface area contributed by atoms with Gasteiger partial charge in [-0.05, 0) is 29.8 Å². The van der Waals surface area contributed by atoms with E-state index in [-0.39, 0.29) is 18.4 Å². The molecule has 8 heteroatoms. The van der Waals surface area contributed by atoms with Crippen LogP contribution < -0.4 is 20.7 Å². The van der Waals surface area contributed by atoms with Crippen molar-refractivity contribution >= 4 is 17.8 Å². The number of hydrogen-bond donors (Lipinski definition) is 3. The molecular formula is C22H27N5O3. The molecule has 1 saturated heterocycles. The third kappa shape index (κ3) is 6.23. The van der Waals surface area contributed by atoms with Crippen molar-refractivity contribution in [1.82, 2.24) is 20.9 Å². The van der Waals surface area contributed by atoms with Crippen LogP contribution in [0.5, 0.6) is 5.75 Å². The number of ether oxygens (including phenoxy) is 1. The Morgan fingerprint density at radius 3 is 2.60 bits per heavy atom. The second kappa shape index (κ2) is 10.8. The highest BCUT2D eigenvalue weighted by Crippen LogP contribution is 2.09. The number of aliphatic imine (C=N–C) groups is 1. The lowest BCUT2D eigenvalue weighted by Gasteiger charge is -2.26. The Balaban J connectivity index is 1.42. The zero-order chi connectivity index (χ0) is 21.2. The average molecular weight is 409 g/mol. The van der Waals surface area contributed by atoms with Crippen molar-refractivity contribution in [1.29, 1.82) is 0 Å². The quantitative estimate of drug-likeness (QED) is 0.360. The van der Waals surface area contributed by atoms with Gasteiger partial charge in [-0.2, -0.15) is 0 Å². The fraction of sp³-hybridized carbons (Fsp3) is 0.318. The summed E-state index contributed by atoms with van der Waals surface area (Å²) >= 11 is 0. The van der Waals surface area contributed by atoms with E-state index >= 15 is 0 Å². The summed E-state index contributed by atoms with van der Waals surface area (Å²) in [5, 5.41) is 9.16. The number of hydrogen-bond acceptors (Lipinski definition) is 4. The molecule has 0 unspecified atom stereocenters. The van der Waals surface area contributed by atoms with Gasteiger partial charge < -0.3 is 25.6 Å². The number of para-hydroxylation sites is 1. The molecule has 0 bridgehead atoms. The zero-order valence-electron chi connectivity index (χ0n) is 17.1. The number of nitrogens with one attached hydrogen (secondary N) is 3. The molecule has 0 saturated carbocycles. The Morgan fingerprint density at radius 2 is 1.90 bits per heavy atom. The standard InChI is InChI=1S/C22H27N5O3/c1-23-22(25-12-14-30-19-5-3-2-4-6-19)26-15-17-7-9-18(10-8-17)21(29)27-13-11-24-20(28)16-27/h2-10H,11-16H2,1H3,(H,24,28)(H2,23,25,26). The van der Waals surface area contributed by atoms with E-state index < -0.39 is 0 Å². The van der Waals surface area contributed by atoms with Crippen molar-refractivity contribution in [3.63, 3.8) is 0 Å². The predicted molar refractivity (Wildman–Crippen MR) is 115 cm³/mol. The van der Waals surface area contributed by atoms with Crippen molar-refractivity contribution in [3.8, 4) is 5.75 Å². The van der Waals surface area contributed by atoms with Crippen molar-refractivity contribution in [2.24, 2.45) is 4.99 Å². The van der Waals surface area contributed by atoms with Gasteiger partial charge in [-0.3, -0.25) is 14.6 Å². The molecule has 2 amide bonds. The van der Waals surface area contributed by atoms with E-state index in [0.29, 0.717) is 44.3 Å². The maximum absolute atomic E-state index is 12.5. The third-order valence-electron chi connectivity index (χ3n) is 4.62. The minimum Gasteiger partial charge on any atom is -0.492 e. The molecule has 0 spiro atoms. The minimum atomic E-state index is -0.125. The van der Waals surface area contributed by atoms with Crippen LogP contribution in [0.4, 0.5) is 0 Å². The smallest absolute Gasteiger partial charge is 0.254 e. The number of guanidine groups is 1. The summed E-state index contributed by atoms with van der Waals surface area (Å²) < 4.78 is 5.65. The van der Waals surface area contributed by atoms with Crippen LogP contribution >= 0.6 is 0 Å². The van der Waals surface area contributed by atoms with E-state index in [4.69, 9.17) is 4.74 Å². The highest BCUT2D eigenvalue weighted by atomic mass is 16.5. The summed E-state index contributed by atoms with van der Waals surface area (Å²) in [7, 11) is 1.71. The van der Waals surface area contributed by atoms with Crippen molar-refractivity contribution in [3.05, 3.63) is 65.7 Å². The van der Waals surface area contributed by atoms with Gasteiger partial charge in [0.1, 0.15) is 12.4 Å². The summed E-state index contributed by atoms with van der Waals surface area (Å²) in [6, 6.07) is 17.0. The van der Waals surface area contributed by atoms with Crippen LogP contribution in [0.25, 0.3) is 0 Å². The monoisotopic (exact) mass is 409 g/mol. The van der Waals surface area contributed by atoms with Crippen LogP contribution in [0.3, 0.4) is 0 Å². The largest absolute Gasteiger partial charge is 0.492 e.